The van der Waals surface area contributed by atoms with Crippen LogP contribution in [0.15, 0.2) is 12.1 Å². The molecule has 2 N–H and O–H groups in total. The van der Waals surface area contributed by atoms with Crippen LogP contribution in [-0.2, 0) is 0 Å². The first kappa shape index (κ1) is 8.71. The number of hydrogen-bond acceptors (Lipinski definition) is 3. The molecule has 0 amide bonds. The highest BCUT2D eigenvalue weighted by atomic mass is 16.5. The number of hydrogen-bond donors (Lipinski definition) is 2. The largest absolute Gasteiger partial charge is 0.508 e. The van der Waals surface area contributed by atoms with E-state index in [2.05, 4.69) is 0 Å². The molecule has 1 aromatic rings. The zero-order valence-electron chi connectivity index (χ0n) is 7.16. The Kier molecular flexibility index (Phi) is 2.43. The van der Waals surface area contributed by atoms with Crippen molar-refractivity contribution in [3.8, 4) is 17.2 Å². The molecule has 0 aliphatic heterocycles. The fourth-order valence-corrected chi connectivity index (χ4v) is 0.933. The minimum Gasteiger partial charge on any atom is -0.508 e. The van der Waals surface area contributed by atoms with Gasteiger partial charge in [0.05, 0.1) is 6.61 Å². The fraction of sp³-hybridized carbons (Fsp3) is 0.333. The Labute approximate surface area is 71.2 Å². The molecular formula is C9H12O3. The Hall–Kier alpha value is -1.38. The third kappa shape index (κ3) is 1.61. The zero-order chi connectivity index (χ0) is 9.14. The Morgan fingerprint density at radius 3 is 2.50 bits per heavy atom. The van der Waals surface area contributed by atoms with Crippen molar-refractivity contribution in [1.82, 2.24) is 0 Å². The van der Waals surface area contributed by atoms with E-state index < -0.39 is 0 Å². The monoisotopic (exact) mass is 168 g/mol. The van der Waals surface area contributed by atoms with Gasteiger partial charge in [0.2, 0.25) is 0 Å². The van der Waals surface area contributed by atoms with Gasteiger partial charge in [-0.05, 0) is 25.5 Å². The smallest absolute Gasteiger partial charge is 0.164 e. The van der Waals surface area contributed by atoms with Crippen LogP contribution in [0.1, 0.15) is 12.5 Å². The van der Waals surface area contributed by atoms with Crippen molar-refractivity contribution in [2.75, 3.05) is 6.61 Å². The molecule has 0 aromatic heterocycles. The van der Waals surface area contributed by atoms with Crippen molar-refractivity contribution in [2.45, 2.75) is 13.8 Å². The van der Waals surface area contributed by atoms with Gasteiger partial charge in [-0.25, -0.2) is 0 Å². The first-order chi connectivity index (χ1) is 5.65. The molecule has 0 saturated carbocycles. The molecule has 0 saturated heterocycles. The molecule has 0 spiro atoms. The van der Waals surface area contributed by atoms with E-state index in [1.807, 2.05) is 6.92 Å². The van der Waals surface area contributed by atoms with E-state index in [-0.39, 0.29) is 11.5 Å². The molecule has 0 aliphatic carbocycles. The van der Waals surface area contributed by atoms with E-state index >= 15 is 0 Å². The summed E-state index contributed by atoms with van der Waals surface area (Å²) >= 11 is 0. The van der Waals surface area contributed by atoms with Crippen LogP contribution in [0.25, 0.3) is 0 Å². The lowest BCUT2D eigenvalue weighted by molar-refractivity contribution is 0.315. The molecule has 0 aliphatic rings. The van der Waals surface area contributed by atoms with Gasteiger partial charge in [-0.2, -0.15) is 0 Å². The SMILES string of the molecule is CCOc1cc(O)c(C)cc1O. The molecule has 66 valence electrons. The first-order valence-electron chi connectivity index (χ1n) is 3.80. The number of rotatable bonds is 2. The second kappa shape index (κ2) is 3.34. The van der Waals surface area contributed by atoms with Crippen molar-refractivity contribution in [2.24, 2.45) is 0 Å². The minimum atomic E-state index is 0.0622. The molecule has 3 heteroatoms. The van der Waals surface area contributed by atoms with Gasteiger partial charge in [0.15, 0.2) is 11.5 Å². The van der Waals surface area contributed by atoms with Gasteiger partial charge in [-0.3, -0.25) is 0 Å². The number of aryl methyl sites for hydroxylation is 1. The van der Waals surface area contributed by atoms with Crippen LogP contribution < -0.4 is 4.74 Å². The molecule has 0 heterocycles. The van der Waals surface area contributed by atoms with Crippen LogP contribution >= 0.6 is 0 Å². The molecule has 1 aromatic carbocycles. The molecule has 3 nitrogen and oxygen atoms in total. The van der Waals surface area contributed by atoms with Crippen LogP contribution in [0.2, 0.25) is 0 Å². The summed E-state index contributed by atoms with van der Waals surface area (Å²) in [6.45, 7) is 4.00. The third-order valence-corrected chi connectivity index (χ3v) is 1.58. The summed E-state index contributed by atoms with van der Waals surface area (Å²) in [4.78, 5) is 0. The zero-order valence-corrected chi connectivity index (χ0v) is 7.16. The Morgan fingerprint density at radius 1 is 1.25 bits per heavy atom. The second-order valence-electron chi connectivity index (χ2n) is 2.54. The minimum absolute atomic E-state index is 0.0622. The van der Waals surface area contributed by atoms with E-state index in [0.717, 1.165) is 0 Å². The number of benzene rings is 1. The Bertz CT molecular complexity index is 281. The predicted octanol–water partition coefficient (Wildman–Crippen LogP) is 1.80. The highest BCUT2D eigenvalue weighted by Gasteiger charge is 2.05. The first-order valence-corrected chi connectivity index (χ1v) is 3.80. The average molecular weight is 168 g/mol. The van der Waals surface area contributed by atoms with Crippen molar-refractivity contribution >= 4 is 0 Å². The van der Waals surface area contributed by atoms with Crippen LogP contribution in [0, 0.1) is 6.92 Å². The quantitative estimate of drug-likeness (QED) is 0.662. The molecule has 0 radical (unpaired) electrons. The summed E-state index contributed by atoms with van der Waals surface area (Å²) in [5.41, 5.74) is 0.635. The van der Waals surface area contributed by atoms with E-state index in [4.69, 9.17) is 4.74 Å². The third-order valence-electron chi connectivity index (χ3n) is 1.58. The Balaban J connectivity index is 3.05. The second-order valence-corrected chi connectivity index (χ2v) is 2.54. The summed E-state index contributed by atoms with van der Waals surface area (Å²) in [7, 11) is 0. The number of phenols is 2. The molecule has 0 bridgehead atoms. The van der Waals surface area contributed by atoms with E-state index in [9.17, 15) is 10.2 Å². The standard InChI is InChI=1S/C9H12O3/c1-3-12-9-5-7(10)6(2)4-8(9)11/h4-5,10-11H,3H2,1-2H3. The van der Waals surface area contributed by atoms with Crippen molar-refractivity contribution in [3.05, 3.63) is 17.7 Å². The Morgan fingerprint density at radius 2 is 1.92 bits per heavy atom. The van der Waals surface area contributed by atoms with Crippen molar-refractivity contribution in [1.29, 1.82) is 0 Å². The van der Waals surface area contributed by atoms with Gasteiger partial charge in [0, 0.05) is 6.07 Å². The molecule has 12 heavy (non-hydrogen) atoms. The lowest BCUT2D eigenvalue weighted by Gasteiger charge is -2.07. The predicted molar refractivity (Wildman–Crippen MR) is 45.7 cm³/mol. The van der Waals surface area contributed by atoms with Crippen molar-refractivity contribution < 1.29 is 14.9 Å². The van der Waals surface area contributed by atoms with Gasteiger partial charge in [-0.15, -0.1) is 0 Å². The van der Waals surface area contributed by atoms with Gasteiger partial charge < -0.3 is 14.9 Å². The van der Waals surface area contributed by atoms with E-state index in [1.165, 1.54) is 12.1 Å². The topological polar surface area (TPSA) is 49.7 Å². The van der Waals surface area contributed by atoms with Crippen molar-refractivity contribution in [3.63, 3.8) is 0 Å². The highest BCUT2D eigenvalue weighted by molar-refractivity contribution is 5.48. The summed E-state index contributed by atoms with van der Waals surface area (Å²) in [5.74, 6) is 0.518. The molecule has 0 atom stereocenters. The summed E-state index contributed by atoms with van der Waals surface area (Å²) in [5, 5.41) is 18.6. The van der Waals surface area contributed by atoms with Gasteiger partial charge in [0.1, 0.15) is 5.75 Å². The van der Waals surface area contributed by atoms with E-state index in [0.29, 0.717) is 17.9 Å². The van der Waals surface area contributed by atoms with Gasteiger partial charge >= 0.3 is 0 Å². The maximum atomic E-state index is 9.31. The lowest BCUT2D eigenvalue weighted by atomic mass is 10.2. The molecule has 1 rings (SSSR count). The average Bonchev–Trinajstić information content (AvgIpc) is 2.01. The summed E-state index contributed by atoms with van der Waals surface area (Å²) in [6.07, 6.45) is 0. The molecular weight excluding hydrogens is 156 g/mol. The maximum absolute atomic E-state index is 9.31. The summed E-state index contributed by atoms with van der Waals surface area (Å²) in [6, 6.07) is 2.88. The molecule has 0 unspecified atom stereocenters. The normalized spacial score (nSPS) is 9.83. The summed E-state index contributed by atoms with van der Waals surface area (Å²) < 4.78 is 5.06. The number of aromatic hydroxyl groups is 2. The lowest BCUT2D eigenvalue weighted by Crippen LogP contribution is -1.91. The van der Waals surface area contributed by atoms with Crippen LogP contribution in [-0.4, -0.2) is 16.8 Å². The van der Waals surface area contributed by atoms with Gasteiger partial charge in [0.25, 0.3) is 0 Å². The van der Waals surface area contributed by atoms with Crippen LogP contribution in [0.5, 0.6) is 17.2 Å². The molecule has 0 fully saturated rings. The highest BCUT2D eigenvalue weighted by Crippen LogP contribution is 2.32. The van der Waals surface area contributed by atoms with E-state index in [1.54, 1.807) is 6.92 Å². The van der Waals surface area contributed by atoms with Crippen LogP contribution in [0.4, 0.5) is 0 Å². The number of phenolic OH excluding ortho intramolecular Hbond substituents is 2. The van der Waals surface area contributed by atoms with Gasteiger partial charge in [-0.1, -0.05) is 0 Å². The van der Waals surface area contributed by atoms with Crippen LogP contribution in [0.3, 0.4) is 0 Å². The maximum Gasteiger partial charge on any atom is 0.164 e. The fourth-order valence-electron chi connectivity index (χ4n) is 0.933. The number of ether oxygens (including phenoxy) is 1.